The summed E-state index contributed by atoms with van der Waals surface area (Å²) in [5.41, 5.74) is 5.11. The van der Waals surface area contributed by atoms with Gasteiger partial charge in [0.15, 0.2) is 0 Å². The van der Waals surface area contributed by atoms with E-state index >= 15 is 0 Å². The number of nitrogens with one attached hydrogen (secondary N) is 1. The smallest absolute Gasteiger partial charge is 0.131 e. The molecule has 0 saturated heterocycles. The Labute approximate surface area is 154 Å². The summed E-state index contributed by atoms with van der Waals surface area (Å²) in [6.07, 6.45) is 9.72. The van der Waals surface area contributed by atoms with Crippen molar-refractivity contribution in [2.75, 3.05) is 6.54 Å². The highest BCUT2D eigenvalue weighted by Crippen LogP contribution is 2.31. The minimum atomic E-state index is 0.582. The molecule has 4 heteroatoms. The normalized spacial score (nSPS) is 18.9. The van der Waals surface area contributed by atoms with Gasteiger partial charge in [0.2, 0.25) is 0 Å². The minimum absolute atomic E-state index is 0.582. The van der Waals surface area contributed by atoms with Crippen molar-refractivity contribution >= 4 is 10.9 Å². The van der Waals surface area contributed by atoms with Gasteiger partial charge in [-0.1, -0.05) is 37.5 Å². The van der Waals surface area contributed by atoms with E-state index in [9.17, 15) is 0 Å². The summed E-state index contributed by atoms with van der Waals surface area (Å²) in [6.45, 7) is 2.97. The Kier molecular flexibility index (Phi) is 4.21. The Bertz CT molecular complexity index is 874. The number of para-hydroxylation sites is 1. The number of hydrogen-bond donors (Lipinski definition) is 1. The first-order chi connectivity index (χ1) is 12.8. The van der Waals surface area contributed by atoms with Gasteiger partial charge in [0.05, 0.1) is 5.69 Å². The van der Waals surface area contributed by atoms with Crippen molar-refractivity contribution in [2.45, 2.75) is 57.5 Å². The van der Waals surface area contributed by atoms with Crippen molar-refractivity contribution in [3.63, 3.8) is 0 Å². The first-order valence-corrected chi connectivity index (χ1v) is 9.99. The average molecular weight is 346 g/mol. The van der Waals surface area contributed by atoms with Gasteiger partial charge in [-0.05, 0) is 42.3 Å². The summed E-state index contributed by atoms with van der Waals surface area (Å²) in [5, 5.41) is 1.29. The fraction of sp³-hybridized carbons (Fsp3) is 0.455. The molecule has 1 N–H and O–H groups in total. The van der Waals surface area contributed by atoms with Gasteiger partial charge in [0, 0.05) is 43.0 Å². The lowest BCUT2D eigenvalue weighted by Gasteiger charge is -2.28. The van der Waals surface area contributed by atoms with E-state index in [0.29, 0.717) is 5.92 Å². The Morgan fingerprint density at radius 1 is 1.12 bits per heavy atom. The molecule has 1 aliphatic heterocycles. The third-order valence-corrected chi connectivity index (χ3v) is 5.99. The van der Waals surface area contributed by atoms with E-state index in [4.69, 9.17) is 9.97 Å². The van der Waals surface area contributed by atoms with Gasteiger partial charge in [-0.2, -0.15) is 0 Å². The molecular formula is C22H26N4. The summed E-state index contributed by atoms with van der Waals surface area (Å²) in [7, 11) is 0. The van der Waals surface area contributed by atoms with Crippen LogP contribution in [0.15, 0.2) is 36.5 Å². The number of nitrogens with zero attached hydrogens (tertiary/aromatic N) is 3. The van der Waals surface area contributed by atoms with E-state index in [1.54, 1.807) is 0 Å². The molecule has 2 aromatic heterocycles. The van der Waals surface area contributed by atoms with Crippen molar-refractivity contribution in [2.24, 2.45) is 0 Å². The first kappa shape index (κ1) is 16.0. The molecule has 1 saturated carbocycles. The first-order valence-electron chi connectivity index (χ1n) is 9.99. The summed E-state index contributed by atoms with van der Waals surface area (Å²) in [6, 6.07) is 10.8. The molecule has 0 bridgehead atoms. The van der Waals surface area contributed by atoms with Crippen LogP contribution in [-0.4, -0.2) is 26.4 Å². The fourth-order valence-electron chi connectivity index (χ4n) is 4.52. The van der Waals surface area contributed by atoms with Gasteiger partial charge in [0.1, 0.15) is 5.82 Å². The lowest BCUT2D eigenvalue weighted by Crippen LogP contribution is -2.31. The van der Waals surface area contributed by atoms with E-state index in [0.717, 1.165) is 31.9 Å². The van der Waals surface area contributed by atoms with E-state index in [2.05, 4.69) is 46.4 Å². The fourth-order valence-corrected chi connectivity index (χ4v) is 4.52. The number of benzene rings is 1. The highest BCUT2D eigenvalue weighted by Gasteiger charge is 2.23. The predicted molar refractivity (Wildman–Crippen MR) is 104 cm³/mol. The molecule has 0 atom stereocenters. The molecule has 0 unspecified atom stereocenters. The highest BCUT2D eigenvalue weighted by atomic mass is 15.1. The van der Waals surface area contributed by atoms with Crippen LogP contribution in [0.2, 0.25) is 0 Å². The third kappa shape index (κ3) is 3.14. The van der Waals surface area contributed by atoms with Crippen LogP contribution < -0.4 is 0 Å². The number of aromatic nitrogens is 3. The van der Waals surface area contributed by atoms with Crippen LogP contribution in [0.1, 0.15) is 60.8 Å². The van der Waals surface area contributed by atoms with E-state index in [-0.39, 0.29) is 0 Å². The third-order valence-electron chi connectivity index (χ3n) is 5.99. The molecule has 0 radical (unpaired) electrons. The molecule has 134 valence electrons. The minimum Gasteiger partial charge on any atom is -0.357 e. The second-order valence-corrected chi connectivity index (χ2v) is 7.88. The second kappa shape index (κ2) is 6.84. The maximum Gasteiger partial charge on any atom is 0.131 e. The molecule has 3 heterocycles. The van der Waals surface area contributed by atoms with Gasteiger partial charge in [-0.25, -0.2) is 9.97 Å². The molecule has 4 nitrogen and oxygen atoms in total. The standard InChI is InChI=1S/C22H26N4/c1-2-6-16(7-3-1)22-23-13-18-10-11-26(15-21(18)25-22)14-19-12-17-8-4-5-9-20(17)24-19/h4-5,8-9,12-13,16,24H,1-3,6-7,10-11,14-15H2. The second-order valence-electron chi connectivity index (χ2n) is 7.88. The van der Waals surface area contributed by atoms with Crippen LogP contribution in [0.25, 0.3) is 10.9 Å². The Morgan fingerprint density at radius 3 is 2.88 bits per heavy atom. The summed E-state index contributed by atoms with van der Waals surface area (Å²) in [4.78, 5) is 15.8. The SMILES string of the molecule is c1ccc2[nH]c(CN3CCc4cnc(C5CCCCC5)nc4C3)cc2c1. The van der Waals surface area contributed by atoms with Crippen LogP contribution >= 0.6 is 0 Å². The van der Waals surface area contributed by atoms with Crippen molar-refractivity contribution in [3.05, 3.63) is 59.3 Å². The summed E-state index contributed by atoms with van der Waals surface area (Å²) >= 11 is 0. The van der Waals surface area contributed by atoms with Crippen LogP contribution in [-0.2, 0) is 19.5 Å². The highest BCUT2D eigenvalue weighted by molar-refractivity contribution is 5.80. The lowest BCUT2D eigenvalue weighted by atomic mass is 9.88. The Balaban J connectivity index is 1.33. The molecule has 26 heavy (non-hydrogen) atoms. The molecule has 1 fully saturated rings. The molecule has 2 aliphatic rings. The van der Waals surface area contributed by atoms with Crippen LogP contribution in [0.3, 0.4) is 0 Å². The van der Waals surface area contributed by atoms with E-state index in [1.807, 2.05) is 0 Å². The largest absolute Gasteiger partial charge is 0.357 e. The number of aromatic amines is 1. The molecule has 1 aromatic carbocycles. The molecule has 1 aliphatic carbocycles. The van der Waals surface area contributed by atoms with E-state index < -0.39 is 0 Å². The molecular weight excluding hydrogens is 320 g/mol. The zero-order chi connectivity index (χ0) is 17.3. The molecule has 5 rings (SSSR count). The molecule has 0 spiro atoms. The quantitative estimate of drug-likeness (QED) is 0.756. The number of H-pyrrole nitrogens is 1. The Morgan fingerprint density at radius 2 is 2.00 bits per heavy atom. The molecule has 3 aromatic rings. The number of fused-ring (bicyclic) bond motifs is 2. The lowest BCUT2D eigenvalue weighted by molar-refractivity contribution is 0.238. The zero-order valence-corrected chi connectivity index (χ0v) is 15.2. The number of hydrogen-bond acceptors (Lipinski definition) is 3. The average Bonchev–Trinajstić information content (AvgIpc) is 3.10. The zero-order valence-electron chi connectivity index (χ0n) is 15.2. The maximum absolute atomic E-state index is 5.01. The van der Waals surface area contributed by atoms with Gasteiger partial charge in [-0.3, -0.25) is 4.90 Å². The molecule has 0 amide bonds. The van der Waals surface area contributed by atoms with E-state index in [1.165, 1.54) is 60.0 Å². The van der Waals surface area contributed by atoms with Gasteiger partial charge in [-0.15, -0.1) is 0 Å². The maximum atomic E-state index is 5.01. The van der Waals surface area contributed by atoms with Crippen molar-refractivity contribution < 1.29 is 0 Å². The van der Waals surface area contributed by atoms with Gasteiger partial charge >= 0.3 is 0 Å². The summed E-state index contributed by atoms with van der Waals surface area (Å²) < 4.78 is 0. The topological polar surface area (TPSA) is 44.8 Å². The summed E-state index contributed by atoms with van der Waals surface area (Å²) in [5.74, 6) is 1.68. The van der Waals surface area contributed by atoms with Crippen molar-refractivity contribution in [1.82, 2.24) is 19.9 Å². The monoisotopic (exact) mass is 346 g/mol. The van der Waals surface area contributed by atoms with Crippen molar-refractivity contribution in [1.29, 1.82) is 0 Å². The van der Waals surface area contributed by atoms with Crippen LogP contribution in [0, 0.1) is 0 Å². The van der Waals surface area contributed by atoms with Gasteiger partial charge in [0.25, 0.3) is 0 Å². The predicted octanol–water partition coefficient (Wildman–Crippen LogP) is 4.56. The number of rotatable bonds is 3. The van der Waals surface area contributed by atoms with Crippen LogP contribution in [0.5, 0.6) is 0 Å². The van der Waals surface area contributed by atoms with Gasteiger partial charge < -0.3 is 4.98 Å². The van der Waals surface area contributed by atoms with Crippen molar-refractivity contribution in [3.8, 4) is 0 Å². The Hall–Kier alpha value is -2.20. The van der Waals surface area contributed by atoms with Crippen LogP contribution in [0.4, 0.5) is 0 Å².